The van der Waals surface area contributed by atoms with E-state index in [1.807, 2.05) is 11.8 Å². The summed E-state index contributed by atoms with van der Waals surface area (Å²) in [5.41, 5.74) is 3.34. The molecule has 0 bridgehead atoms. The van der Waals surface area contributed by atoms with Crippen LogP contribution in [0.4, 0.5) is 20.2 Å². The van der Waals surface area contributed by atoms with E-state index in [-0.39, 0.29) is 23.7 Å². The highest BCUT2D eigenvalue weighted by molar-refractivity contribution is 7.80. The Hall–Kier alpha value is -2.98. The Kier molecular flexibility index (Phi) is 6.50. The average Bonchev–Trinajstić information content (AvgIpc) is 3.28. The Balaban J connectivity index is 1.57. The van der Waals surface area contributed by atoms with Crippen LogP contribution in [0.1, 0.15) is 37.4 Å². The van der Waals surface area contributed by atoms with Crippen LogP contribution in [0.2, 0.25) is 0 Å². The summed E-state index contributed by atoms with van der Waals surface area (Å²) in [6.45, 7) is 5.70. The minimum Gasteiger partial charge on any atom is -0.493 e. The first kappa shape index (κ1) is 23.7. The van der Waals surface area contributed by atoms with Crippen LogP contribution in [0.5, 0.6) is 11.5 Å². The molecule has 0 spiro atoms. The first-order chi connectivity index (χ1) is 17.0. The van der Waals surface area contributed by atoms with E-state index >= 15 is 8.78 Å². The number of likely N-dealkylation sites (tertiary alicyclic amines) is 1. The van der Waals surface area contributed by atoms with Gasteiger partial charge in [-0.3, -0.25) is 4.90 Å². The van der Waals surface area contributed by atoms with Gasteiger partial charge in [0.2, 0.25) is 0 Å². The van der Waals surface area contributed by atoms with Gasteiger partial charge in [0, 0.05) is 42.0 Å². The summed E-state index contributed by atoms with van der Waals surface area (Å²) in [6.07, 6.45) is 5.50. The Morgan fingerprint density at radius 1 is 1.03 bits per heavy atom. The maximum Gasteiger partial charge on any atom is 0.192 e. The zero-order valence-corrected chi connectivity index (χ0v) is 21.0. The molecule has 0 amide bonds. The zero-order chi connectivity index (χ0) is 24.7. The summed E-state index contributed by atoms with van der Waals surface area (Å²) in [5, 5.41) is 1.27. The molecule has 7 nitrogen and oxygen atoms in total. The molecule has 1 N–H and O–H groups in total. The number of thiocarbonyl (C=S) groups is 1. The molecule has 5 rings (SSSR count). The van der Waals surface area contributed by atoms with Gasteiger partial charge in [-0.2, -0.15) is 0 Å². The van der Waals surface area contributed by atoms with Gasteiger partial charge in [0.1, 0.15) is 11.3 Å². The standard InChI is InChI=1S/C25H29F2N5O2S/c1-4-31-22-15(12-28-24-17(22)10-16(29-24)14-30-8-6-5-7-9-30)13-32(25(31)35)23-20(26)18(33-2)11-19(34-3)21(23)27/h10-12H,4-9,13-14H2,1-3H3,(H,28,29). The fourth-order valence-corrected chi connectivity index (χ4v) is 5.47. The lowest BCUT2D eigenvalue weighted by atomic mass is 10.1. The molecule has 3 aromatic rings. The third kappa shape index (κ3) is 4.08. The number of nitrogens with zero attached hydrogens (tertiary/aromatic N) is 4. The molecule has 0 saturated carbocycles. The van der Waals surface area contributed by atoms with Crippen molar-refractivity contribution >= 4 is 39.7 Å². The van der Waals surface area contributed by atoms with Crippen LogP contribution in [0.3, 0.4) is 0 Å². The highest BCUT2D eigenvalue weighted by Gasteiger charge is 2.35. The Bertz CT molecular complexity index is 1250. The Labute approximate surface area is 208 Å². The van der Waals surface area contributed by atoms with Gasteiger partial charge >= 0.3 is 0 Å². The number of pyridine rings is 1. The fourth-order valence-electron chi connectivity index (χ4n) is 5.09. The van der Waals surface area contributed by atoms with E-state index < -0.39 is 11.6 Å². The molecular formula is C25H29F2N5O2S. The highest BCUT2D eigenvalue weighted by Crippen LogP contribution is 2.42. The number of ether oxygens (including phenoxy) is 2. The van der Waals surface area contributed by atoms with Crippen LogP contribution in [0.25, 0.3) is 11.0 Å². The van der Waals surface area contributed by atoms with Gasteiger partial charge in [-0.15, -0.1) is 0 Å². The van der Waals surface area contributed by atoms with Crippen molar-refractivity contribution in [1.82, 2.24) is 14.9 Å². The number of benzene rings is 1. The lowest BCUT2D eigenvalue weighted by Crippen LogP contribution is -2.48. The second-order valence-corrected chi connectivity index (χ2v) is 9.26. The van der Waals surface area contributed by atoms with Crippen LogP contribution in [0.15, 0.2) is 18.3 Å². The summed E-state index contributed by atoms with van der Waals surface area (Å²) in [6, 6.07) is 3.33. The van der Waals surface area contributed by atoms with E-state index in [4.69, 9.17) is 21.7 Å². The van der Waals surface area contributed by atoms with Gasteiger partial charge < -0.3 is 24.3 Å². The van der Waals surface area contributed by atoms with Crippen molar-refractivity contribution in [2.45, 2.75) is 39.3 Å². The molecule has 10 heteroatoms. The molecule has 1 saturated heterocycles. The number of hydrogen-bond donors (Lipinski definition) is 1. The van der Waals surface area contributed by atoms with Crippen LogP contribution >= 0.6 is 12.2 Å². The minimum absolute atomic E-state index is 0.114. The quantitative estimate of drug-likeness (QED) is 0.479. The number of nitrogens with one attached hydrogen (secondary N) is 1. The summed E-state index contributed by atoms with van der Waals surface area (Å²) in [7, 11) is 2.66. The van der Waals surface area contributed by atoms with Gasteiger partial charge in [0.25, 0.3) is 0 Å². The molecule has 4 heterocycles. The van der Waals surface area contributed by atoms with E-state index in [1.54, 1.807) is 6.20 Å². The van der Waals surface area contributed by atoms with E-state index in [2.05, 4.69) is 20.9 Å². The summed E-state index contributed by atoms with van der Waals surface area (Å²) >= 11 is 5.78. The van der Waals surface area contributed by atoms with Crippen molar-refractivity contribution in [1.29, 1.82) is 0 Å². The summed E-state index contributed by atoms with van der Waals surface area (Å²) in [5.74, 6) is -1.88. The number of H-pyrrole nitrogens is 1. The first-order valence-electron chi connectivity index (χ1n) is 11.9. The molecule has 0 atom stereocenters. The summed E-state index contributed by atoms with van der Waals surface area (Å²) < 4.78 is 40.9. The first-order valence-corrected chi connectivity index (χ1v) is 12.3. The molecule has 186 valence electrons. The number of anilines is 2. The van der Waals surface area contributed by atoms with E-state index in [0.29, 0.717) is 11.7 Å². The van der Waals surface area contributed by atoms with E-state index in [1.165, 1.54) is 44.4 Å². The van der Waals surface area contributed by atoms with Crippen LogP contribution in [-0.2, 0) is 13.1 Å². The predicted octanol–water partition coefficient (Wildman–Crippen LogP) is 4.98. The van der Waals surface area contributed by atoms with Gasteiger partial charge in [-0.1, -0.05) is 6.42 Å². The molecule has 0 radical (unpaired) electrons. The molecule has 0 aliphatic carbocycles. The van der Waals surface area contributed by atoms with Crippen molar-refractivity contribution < 1.29 is 18.3 Å². The lowest BCUT2D eigenvalue weighted by molar-refractivity contribution is 0.219. The molecule has 0 unspecified atom stereocenters. The Morgan fingerprint density at radius 2 is 1.71 bits per heavy atom. The van der Waals surface area contributed by atoms with Crippen LogP contribution in [-0.4, -0.2) is 53.8 Å². The van der Waals surface area contributed by atoms with E-state index in [9.17, 15) is 0 Å². The van der Waals surface area contributed by atoms with Gasteiger partial charge in [0.05, 0.1) is 26.5 Å². The van der Waals surface area contributed by atoms with Crippen molar-refractivity contribution in [3.05, 3.63) is 41.2 Å². The minimum atomic E-state index is -0.827. The number of fused-ring (bicyclic) bond motifs is 3. The third-order valence-electron chi connectivity index (χ3n) is 6.80. The normalized spacial score (nSPS) is 16.7. The number of methoxy groups -OCH3 is 2. The largest absolute Gasteiger partial charge is 0.493 e. The zero-order valence-electron chi connectivity index (χ0n) is 20.2. The van der Waals surface area contributed by atoms with E-state index in [0.717, 1.165) is 47.6 Å². The van der Waals surface area contributed by atoms with Crippen molar-refractivity contribution in [2.75, 3.05) is 43.7 Å². The topological polar surface area (TPSA) is 56.9 Å². The lowest BCUT2D eigenvalue weighted by Gasteiger charge is -2.39. The Morgan fingerprint density at radius 3 is 2.34 bits per heavy atom. The number of aromatic amines is 1. The highest BCUT2D eigenvalue weighted by atomic mass is 32.1. The summed E-state index contributed by atoms with van der Waals surface area (Å²) in [4.78, 5) is 13.9. The second-order valence-electron chi connectivity index (χ2n) is 8.90. The van der Waals surface area contributed by atoms with Crippen molar-refractivity contribution in [2.24, 2.45) is 0 Å². The van der Waals surface area contributed by atoms with Gasteiger partial charge in [-0.05, 0) is 51.1 Å². The molecule has 1 fully saturated rings. The van der Waals surface area contributed by atoms with Crippen LogP contribution in [0, 0.1) is 11.6 Å². The fraction of sp³-hybridized carbons (Fsp3) is 0.440. The molecule has 2 aliphatic heterocycles. The van der Waals surface area contributed by atoms with Crippen molar-refractivity contribution in [3.8, 4) is 11.5 Å². The molecule has 2 aliphatic rings. The SMILES string of the molecule is CCN1C(=S)N(c2c(F)c(OC)cc(OC)c2F)Cc2cnc3[nH]c(CN4CCCCC4)cc3c21. The molecular weight excluding hydrogens is 472 g/mol. The number of halogens is 2. The van der Waals surface area contributed by atoms with Gasteiger partial charge in [-0.25, -0.2) is 13.8 Å². The number of hydrogen-bond acceptors (Lipinski definition) is 5. The second kappa shape index (κ2) is 9.58. The molecule has 35 heavy (non-hydrogen) atoms. The molecule has 2 aromatic heterocycles. The number of rotatable bonds is 6. The van der Waals surface area contributed by atoms with Crippen molar-refractivity contribution in [3.63, 3.8) is 0 Å². The maximum atomic E-state index is 15.3. The average molecular weight is 502 g/mol. The van der Waals surface area contributed by atoms with Crippen LogP contribution < -0.4 is 19.3 Å². The maximum absolute atomic E-state index is 15.3. The monoisotopic (exact) mass is 501 g/mol. The predicted molar refractivity (Wildman–Crippen MR) is 136 cm³/mol. The number of piperidine rings is 1. The third-order valence-corrected chi connectivity index (χ3v) is 7.24. The number of aromatic nitrogens is 2. The smallest absolute Gasteiger partial charge is 0.192 e. The molecule has 1 aromatic carbocycles. The van der Waals surface area contributed by atoms with Gasteiger partial charge in [0.15, 0.2) is 28.2 Å².